The number of Topliss-reactive ketones (excluding diaryl/α,β-unsaturated/α-hetero) is 1. The van der Waals surface area contributed by atoms with Crippen molar-refractivity contribution in [1.82, 2.24) is 0 Å². The van der Waals surface area contributed by atoms with E-state index in [9.17, 15) is 14.7 Å². The Bertz CT molecular complexity index is 2630. The molecule has 2 fully saturated rings. The zero-order valence-corrected chi connectivity index (χ0v) is 33.4. The molecule has 4 aliphatic rings. The molecule has 9 heteroatoms. The first kappa shape index (κ1) is 38.5. The van der Waals surface area contributed by atoms with E-state index < -0.39 is 35.0 Å². The molecule has 2 amide bonds. The Morgan fingerprint density at radius 1 is 0.717 bits per heavy atom. The SMILES string of the molecule is COc1ccc(OC)c(C=Cc2ccc(N3C(=O)C4CC=C5C(CC6C(=O)C(c7ccccc7)=CC(=O)C6(c6ccccc6)C5c5ccc(O)cc5OC)C4C3=O)cc2)c1. The van der Waals surface area contributed by atoms with E-state index in [1.807, 2.05) is 109 Å². The van der Waals surface area contributed by atoms with Crippen LogP contribution in [0.15, 0.2) is 139 Å². The quantitative estimate of drug-likeness (QED) is 0.0895. The van der Waals surface area contributed by atoms with Crippen molar-refractivity contribution < 1.29 is 38.5 Å². The second-order valence-electron chi connectivity index (χ2n) is 15.8. The zero-order valence-electron chi connectivity index (χ0n) is 33.4. The lowest BCUT2D eigenvalue weighted by molar-refractivity contribution is -0.135. The number of fused-ring (bicyclic) bond motifs is 4. The number of amides is 2. The van der Waals surface area contributed by atoms with Gasteiger partial charge in [-0.2, -0.15) is 0 Å². The third kappa shape index (κ3) is 6.06. The molecule has 0 radical (unpaired) electrons. The van der Waals surface area contributed by atoms with E-state index in [-0.39, 0.29) is 42.0 Å². The van der Waals surface area contributed by atoms with E-state index in [1.165, 1.54) is 24.2 Å². The molecule has 1 heterocycles. The minimum Gasteiger partial charge on any atom is -0.508 e. The van der Waals surface area contributed by atoms with Crippen LogP contribution in [0.5, 0.6) is 23.0 Å². The number of rotatable bonds is 9. The largest absolute Gasteiger partial charge is 0.508 e. The van der Waals surface area contributed by atoms with Crippen molar-refractivity contribution in [3.05, 3.63) is 167 Å². The highest BCUT2D eigenvalue weighted by Crippen LogP contribution is 2.64. The Kier molecular flexibility index (Phi) is 9.83. The van der Waals surface area contributed by atoms with Gasteiger partial charge in [0.05, 0.1) is 44.3 Å². The molecule has 3 aliphatic carbocycles. The fraction of sp³-hybridized carbons (Fsp3) is 0.216. The van der Waals surface area contributed by atoms with Crippen LogP contribution >= 0.6 is 0 Å². The number of imide groups is 1. The van der Waals surface area contributed by atoms with Crippen LogP contribution in [-0.2, 0) is 24.6 Å². The van der Waals surface area contributed by atoms with E-state index in [1.54, 1.807) is 38.5 Å². The van der Waals surface area contributed by atoms with Gasteiger partial charge in [0.15, 0.2) is 11.6 Å². The number of ether oxygens (including phenoxy) is 3. The number of aromatic hydroxyl groups is 1. The van der Waals surface area contributed by atoms with Crippen LogP contribution in [-0.4, -0.2) is 49.8 Å². The van der Waals surface area contributed by atoms with E-state index >= 15 is 9.59 Å². The normalized spacial score (nSPS) is 24.6. The molecule has 0 aromatic heterocycles. The summed E-state index contributed by atoms with van der Waals surface area (Å²) in [6.45, 7) is 0. The number of carbonyl (C=O) groups is 4. The monoisotopic (exact) mass is 797 g/mol. The predicted octanol–water partition coefficient (Wildman–Crippen LogP) is 8.62. The van der Waals surface area contributed by atoms with Gasteiger partial charge in [0, 0.05) is 34.6 Å². The van der Waals surface area contributed by atoms with Crippen molar-refractivity contribution in [2.45, 2.75) is 24.2 Å². The number of anilines is 1. The Hall–Kier alpha value is -7.00. The Balaban J connectivity index is 1.14. The van der Waals surface area contributed by atoms with E-state index in [2.05, 4.69) is 0 Å². The molecule has 1 saturated carbocycles. The number of hydrogen-bond acceptors (Lipinski definition) is 8. The number of ketones is 2. The Labute approximate surface area is 348 Å². The van der Waals surface area contributed by atoms with Crippen LogP contribution in [0, 0.1) is 23.7 Å². The molecule has 9 nitrogen and oxygen atoms in total. The van der Waals surface area contributed by atoms with Gasteiger partial charge in [-0.05, 0) is 77.9 Å². The summed E-state index contributed by atoms with van der Waals surface area (Å²) in [7, 11) is 4.72. The number of phenols is 1. The van der Waals surface area contributed by atoms with Gasteiger partial charge < -0.3 is 19.3 Å². The third-order valence-corrected chi connectivity index (χ3v) is 12.9. The van der Waals surface area contributed by atoms with Crippen LogP contribution in [0.2, 0.25) is 0 Å². The summed E-state index contributed by atoms with van der Waals surface area (Å²) >= 11 is 0. The fourth-order valence-corrected chi connectivity index (χ4v) is 10.3. The number of benzene rings is 5. The van der Waals surface area contributed by atoms with Crippen LogP contribution in [0.25, 0.3) is 17.7 Å². The number of allylic oxidation sites excluding steroid dienone is 4. The number of hydrogen-bond donors (Lipinski definition) is 1. The molecule has 1 aliphatic heterocycles. The highest BCUT2D eigenvalue weighted by molar-refractivity contribution is 6.32. The third-order valence-electron chi connectivity index (χ3n) is 12.9. The molecule has 1 N–H and O–H groups in total. The first-order valence-electron chi connectivity index (χ1n) is 20.1. The highest BCUT2D eigenvalue weighted by atomic mass is 16.5. The molecular formula is C51H43NO8. The maximum absolute atomic E-state index is 15.3. The van der Waals surface area contributed by atoms with Crippen molar-refractivity contribution in [3.8, 4) is 23.0 Å². The van der Waals surface area contributed by atoms with Gasteiger partial charge in [-0.25, -0.2) is 0 Å². The molecule has 6 unspecified atom stereocenters. The standard InChI is InChI=1S/C51H43NO8/c1-58-36-21-25-43(59-2)32(26-36)17-14-30-15-18-34(19-16-30)52-49(56)39-24-23-37-41(46(39)50(52)57)28-42-48(55)40(31-10-6-4-7-11-31)29-45(54)51(42,33-12-8-5-9-13-33)47(37)38-22-20-35(53)27-44(38)60-3/h4-23,25-27,29,39,41-42,46-47,53H,24,28H2,1-3H3. The van der Waals surface area contributed by atoms with E-state index in [0.717, 1.165) is 16.7 Å². The zero-order chi connectivity index (χ0) is 41.7. The second-order valence-corrected chi connectivity index (χ2v) is 15.8. The van der Waals surface area contributed by atoms with Crippen LogP contribution in [0.4, 0.5) is 5.69 Å². The molecule has 0 bridgehead atoms. The average molecular weight is 798 g/mol. The van der Waals surface area contributed by atoms with Crippen molar-refractivity contribution in [2.75, 3.05) is 26.2 Å². The lowest BCUT2D eigenvalue weighted by Crippen LogP contribution is -2.58. The van der Waals surface area contributed by atoms with Gasteiger partial charge in [0.1, 0.15) is 23.0 Å². The lowest BCUT2D eigenvalue weighted by Gasteiger charge is -2.55. The van der Waals surface area contributed by atoms with Gasteiger partial charge in [0.25, 0.3) is 0 Å². The number of methoxy groups -OCH3 is 3. The van der Waals surface area contributed by atoms with Gasteiger partial charge in [-0.15, -0.1) is 0 Å². The molecule has 0 spiro atoms. The van der Waals surface area contributed by atoms with Crippen molar-refractivity contribution >= 4 is 46.8 Å². The molecule has 6 atom stereocenters. The maximum atomic E-state index is 15.3. The molecule has 5 aromatic rings. The second kappa shape index (κ2) is 15.3. The fourth-order valence-electron chi connectivity index (χ4n) is 10.3. The molecule has 60 heavy (non-hydrogen) atoms. The summed E-state index contributed by atoms with van der Waals surface area (Å²) in [5.74, 6) is -2.98. The molecule has 300 valence electrons. The lowest BCUT2D eigenvalue weighted by atomic mass is 9.44. The maximum Gasteiger partial charge on any atom is 0.238 e. The van der Waals surface area contributed by atoms with Crippen molar-refractivity contribution in [3.63, 3.8) is 0 Å². The van der Waals surface area contributed by atoms with E-state index in [0.29, 0.717) is 45.2 Å². The average Bonchev–Trinajstić information content (AvgIpc) is 3.55. The topological polar surface area (TPSA) is 119 Å². The van der Waals surface area contributed by atoms with Gasteiger partial charge in [-0.3, -0.25) is 24.1 Å². The Morgan fingerprint density at radius 3 is 2.13 bits per heavy atom. The van der Waals surface area contributed by atoms with Crippen molar-refractivity contribution in [1.29, 1.82) is 0 Å². The van der Waals surface area contributed by atoms with Crippen LogP contribution in [0.1, 0.15) is 46.6 Å². The first-order chi connectivity index (χ1) is 29.2. The predicted molar refractivity (Wildman–Crippen MR) is 229 cm³/mol. The minimum atomic E-state index is -1.42. The Morgan fingerprint density at radius 2 is 1.43 bits per heavy atom. The minimum absolute atomic E-state index is 0.0167. The number of phenolic OH excluding ortho intramolecular Hbond substituents is 1. The number of carbonyl (C=O) groups excluding carboxylic acids is 4. The summed E-state index contributed by atoms with van der Waals surface area (Å²) in [6.07, 6.45) is 7.80. The molecular weight excluding hydrogens is 755 g/mol. The molecule has 1 saturated heterocycles. The summed E-state index contributed by atoms with van der Waals surface area (Å²) in [5.41, 5.74) is 3.78. The highest BCUT2D eigenvalue weighted by Gasteiger charge is 2.66. The molecule has 9 rings (SSSR count). The van der Waals surface area contributed by atoms with Crippen molar-refractivity contribution in [2.24, 2.45) is 23.7 Å². The number of nitrogens with zero attached hydrogens (tertiary/aromatic N) is 1. The van der Waals surface area contributed by atoms with Crippen LogP contribution in [0.3, 0.4) is 0 Å². The van der Waals surface area contributed by atoms with Gasteiger partial charge in [0.2, 0.25) is 11.8 Å². The van der Waals surface area contributed by atoms with Gasteiger partial charge >= 0.3 is 0 Å². The first-order valence-corrected chi connectivity index (χ1v) is 20.1. The van der Waals surface area contributed by atoms with E-state index in [4.69, 9.17) is 14.2 Å². The summed E-state index contributed by atoms with van der Waals surface area (Å²) in [6, 6.07) is 36.2. The summed E-state index contributed by atoms with van der Waals surface area (Å²) in [4.78, 5) is 61.1. The molecule has 5 aromatic carbocycles. The van der Waals surface area contributed by atoms with Crippen LogP contribution < -0.4 is 19.1 Å². The smallest absolute Gasteiger partial charge is 0.238 e. The summed E-state index contributed by atoms with van der Waals surface area (Å²) in [5, 5.41) is 10.6. The summed E-state index contributed by atoms with van der Waals surface area (Å²) < 4.78 is 16.8. The van der Waals surface area contributed by atoms with Gasteiger partial charge in [-0.1, -0.05) is 103 Å².